The van der Waals surface area contributed by atoms with Gasteiger partial charge in [0.05, 0.1) is 10.6 Å². The SMILES string of the molecule is CCCCCCCCC(NCCC)c1snnc1C. The lowest BCUT2D eigenvalue weighted by molar-refractivity contribution is 0.470. The molecule has 1 aromatic heterocycles. The van der Waals surface area contributed by atoms with Crippen LogP contribution in [-0.2, 0) is 0 Å². The lowest BCUT2D eigenvalue weighted by Gasteiger charge is -2.17. The third-order valence-corrected chi connectivity index (χ3v) is 4.43. The molecule has 0 fully saturated rings. The van der Waals surface area contributed by atoms with Gasteiger partial charge in [-0.3, -0.25) is 0 Å². The fraction of sp³-hybridized carbons (Fsp3) is 0.867. The number of aromatic nitrogens is 2. The summed E-state index contributed by atoms with van der Waals surface area (Å²) in [5.74, 6) is 0. The van der Waals surface area contributed by atoms with E-state index in [2.05, 4.69) is 35.7 Å². The summed E-state index contributed by atoms with van der Waals surface area (Å²) < 4.78 is 4.07. The topological polar surface area (TPSA) is 37.8 Å². The molecule has 0 saturated heterocycles. The summed E-state index contributed by atoms with van der Waals surface area (Å²) in [7, 11) is 0. The monoisotopic (exact) mass is 283 g/mol. The standard InChI is InChI=1S/C15H29N3S/c1-4-6-7-8-9-10-11-14(16-12-5-2)15-13(3)17-18-19-15/h14,16H,4-12H2,1-3H3. The molecule has 0 aliphatic rings. The Morgan fingerprint density at radius 2 is 1.79 bits per heavy atom. The first kappa shape index (κ1) is 16.6. The molecule has 4 heteroatoms. The van der Waals surface area contributed by atoms with Gasteiger partial charge < -0.3 is 5.32 Å². The molecule has 1 aromatic rings. The first-order valence-electron chi connectivity index (χ1n) is 7.81. The van der Waals surface area contributed by atoms with E-state index < -0.39 is 0 Å². The molecule has 0 bridgehead atoms. The number of nitrogens with zero attached hydrogens (tertiary/aromatic N) is 2. The molecule has 19 heavy (non-hydrogen) atoms. The van der Waals surface area contributed by atoms with E-state index in [1.165, 1.54) is 56.2 Å². The Labute approximate surface area is 122 Å². The third-order valence-electron chi connectivity index (χ3n) is 3.49. The fourth-order valence-electron chi connectivity index (χ4n) is 2.33. The summed E-state index contributed by atoms with van der Waals surface area (Å²) in [5.41, 5.74) is 1.10. The number of nitrogens with one attached hydrogen (secondary N) is 1. The van der Waals surface area contributed by atoms with Crippen LogP contribution in [0.2, 0.25) is 0 Å². The zero-order chi connectivity index (χ0) is 13.9. The van der Waals surface area contributed by atoms with Crippen LogP contribution in [0.1, 0.15) is 81.8 Å². The van der Waals surface area contributed by atoms with E-state index in [1.807, 2.05) is 0 Å². The van der Waals surface area contributed by atoms with Crippen molar-refractivity contribution in [3.63, 3.8) is 0 Å². The van der Waals surface area contributed by atoms with Crippen LogP contribution in [0, 0.1) is 6.92 Å². The van der Waals surface area contributed by atoms with E-state index in [0.717, 1.165) is 12.2 Å². The molecule has 1 heterocycles. The molecule has 0 saturated carbocycles. The molecular weight excluding hydrogens is 254 g/mol. The van der Waals surface area contributed by atoms with Gasteiger partial charge in [0.1, 0.15) is 0 Å². The van der Waals surface area contributed by atoms with Crippen molar-refractivity contribution in [2.24, 2.45) is 0 Å². The molecule has 0 aromatic carbocycles. The normalized spacial score (nSPS) is 12.8. The number of aryl methyl sites for hydroxylation is 1. The summed E-state index contributed by atoms with van der Waals surface area (Å²) in [6.07, 6.45) is 10.5. The van der Waals surface area contributed by atoms with E-state index >= 15 is 0 Å². The number of hydrogen-bond acceptors (Lipinski definition) is 4. The molecule has 0 radical (unpaired) electrons. The van der Waals surface area contributed by atoms with Gasteiger partial charge in [-0.15, -0.1) is 5.10 Å². The van der Waals surface area contributed by atoms with E-state index in [4.69, 9.17) is 0 Å². The highest BCUT2D eigenvalue weighted by Crippen LogP contribution is 2.25. The average Bonchev–Trinajstić information content (AvgIpc) is 2.83. The number of hydrogen-bond donors (Lipinski definition) is 1. The quantitative estimate of drug-likeness (QED) is 0.601. The van der Waals surface area contributed by atoms with E-state index in [1.54, 1.807) is 11.5 Å². The highest BCUT2D eigenvalue weighted by atomic mass is 32.1. The Morgan fingerprint density at radius 3 is 2.42 bits per heavy atom. The summed E-state index contributed by atoms with van der Waals surface area (Å²) in [5, 5.41) is 7.79. The fourth-order valence-corrected chi connectivity index (χ4v) is 3.08. The molecule has 0 spiro atoms. The molecule has 0 amide bonds. The highest BCUT2D eigenvalue weighted by Gasteiger charge is 2.15. The Balaban J connectivity index is 2.32. The maximum atomic E-state index is 4.14. The van der Waals surface area contributed by atoms with Crippen LogP contribution in [0.4, 0.5) is 0 Å². The summed E-state index contributed by atoms with van der Waals surface area (Å²) in [6, 6.07) is 0.464. The molecule has 1 rings (SSSR count). The van der Waals surface area contributed by atoms with Crippen molar-refractivity contribution < 1.29 is 0 Å². The largest absolute Gasteiger partial charge is 0.309 e. The van der Waals surface area contributed by atoms with Crippen molar-refractivity contribution in [3.8, 4) is 0 Å². The van der Waals surface area contributed by atoms with Gasteiger partial charge in [0.15, 0.2) is 0 Å². The summed E-state index contributed by atoms with van der Waals surface area (Å²) in [4.78, 5) is 1.34. The predicted octanol–water partition coefficient (Wildman–Crippen LogP) is 4.64. The predicted molar refractivity (Wildman–Crippen MR) is 83.7 cm³/mol. The molecule has 0 aliphatic carbocycles. The highest BCUT2D eigenvalue weighted by molar-refractivity contribution is 7.05. The maximum Gasteiger partial charge on any atom is 0.0772 e. The van der Waals surface area contributed by atoms with E-state index in [9.17, 15) is 0 Å². The van der Waals surface area contributed by atoms with Crippen LogP contribution in [-0.4, -0.2) is 16.1 Å². The smallest absolute Gasteiger partial charge is 0.0772 e. The van der Waals surface area contributed by atoms with Gasteiger partial charge in [-0.1, -0.05) is 56.9 Å². The minimum absolute atomic E-state index is 0.464. The molecule has 1 atom stereocenters. The first-order valence-corrected chi connectivity index (χ1v) is 8.59. The van der Waals surface area contributed by atoms with E-state index in [-0.39, 0.29) is 0 Å². The van der Waals surface area contributed by atoms with Crippen LogP contribution >= 0.6 is 11.5 Å². The lowest BCUT2D eigenvalue weighted by atomic mass is 10.0. The summed E-state index contributed by atoms with van der Waals surface area (Å²) >= 11 is 1.56. The maximum absolute atomic E-state index is 4.14. The Bertz CT molecular complexity index is 325. The second-order valence-corrected chi connectivity index (χ2v) is 6.07. The molecule has 1 N–H and O–H groups in total. The van der Waals surface area contributed by atoms with Crippen molar-refractivity contribution in [1.29, 1.82) is 0 Å². The van der Waals surface area contributed by atoms with Gasteiger partial charge in [0.2, 0.25) is 0 Å². The Kier molecular flexibility index (Phi) is 9.01. The minimum Gasteiger partial charge on any atom is -0.309 e. The number of rotatable bonds is 11. The average molecular weight is 283 g/mol. The third kappa shape index (κ3) is 6.48. The van der Waals surface area contributed by atoms with Crippen molar-refractivity contribution >= 4 is 11.5 Å². The van der Waals surface area contributed by atoms with Crippen LogP contribution in [0.5, 0.6) is 0 Å². The second-order valence-electron chi connectivity index (χ2n) is 5.29. The molecule has 1 unspecified atom stereocenters. The van der Waals surface area contributed by atoms with Crippen LogP contribution in [0.15, 0.2) is 0 Å². The van der Waals surface area contributed by atoms with E-state index in [0.29, 0.717) is 6.04 Å². The first-order chi connectivity index (χ1) is 9.29. The Hall–Kier alpha value is -0.480. The van der Waals surface area contributed by atoms with Crippen LogP contribution in [0.25, 0.3) is 0 Å². The molecular formula is C15H29N3S. The van der Waals surface area contributed by atoms with Gasteiger partial charge in [-0.25, -0.2) is 0 Å². The minimum atomic E-state index is 0.464. The van der Waals surface area contributed by atoms with Gasteiger partial charge in [0, 0.05) is 6.04 Å². The second kappa shape index (κ2) is 10.3. The molecule has 3 nitrogen and oxygen atoms in total. The number of unbranched alkanes of at least 4 members (excludes halogenated alkanes) is 5. The van der Waals surface area contributed by atoms with Gasteiger partial charge in [-0.2, -0.15) is 0 Å². The lowest BCUT2D eigenvalue weighted by Crippen LogP contribution is -2.22. The zero-order valence-electron chi connectivity index (χ0n) is 12.7. The van der Waals surface area contributed by atoms with Gasteiger partial charge in [0.25, 0.3) is 0 Å². The van der Waals surface area contributed by atoms with Gasteiger partial charge >= 0.3 is 0 Å². The molecule has 0 aliphatic heterocycles. The molecule has 110 valence electrons. The Morgan fingerprint density at radius 1 is 1.05 bits per heavy atom. The van der Waals surface area contributed by atoms with Crippen molar-refractivity contribution in [2.45, 2.75) is 78.2 Å². The van der Waals surface area contributed by atoms with Crippen LogP contribution in [0.3, 0.4) is 0 Å². The zero-order valence-corrected chi connectivity index (χ0v) is 13.6. The van der Waals surface area contributed by atoms with Gasteiger partial charge in [-0.05, 0) is 37.8 Å². The van der Waals surface area contributed by atoms with Crippen LogP contribution < -0.4 is 5.32 Å². The van der Waals surface area contributed by atoms with Crippen molar-refractivity contribution in [1.82, 2.24) is 14.9 Å². The summed E-state index contributed by atoms with van der Waals surface area (Å²) in [6.45, 7) is 7.63. The van der Waals surface area contributed by atoms with Crippen molar-refractivity contribution in [2.75, 3.05) is 6.54 Å². The van der Waals surface area contributed by atoms with Crippen molar-refractivity contribution in [3.05, 3.63) is 10.6 Å².